The maximum absolute atomic E-state index is 6.50. The van der Waals surface area contributed by atoms with Gasteiger partial charge in [-0.2, -0.15) is 5.10 Å². The van der Waals surface area contributed by atoms with Crippen LogP contribution < -0.4 is 5.73 Å². The number of nitrogen functional groups attached to an aromatic ring is 1. The third kappa shape index (κ3) is 2.96. The number of nitriles is 1. The molecule has 2 aromatic rings. The number of hydrogen-bond donors (Lipinski definition) is 1. The highest BCUT2D eigenvalue weighted by Gasteiger charge is 2.07. The van der Waals surface area contributed by atoms with Gasteiger partial charge < -0.3 is 10.5 Å². The molecular formula is C12H17N5O. The van der Waals surface area contributed by atoms with E-state index in [9.17, 15) is 0 Å². The predicted octanol–water partition coefficient (Wildman–Crippen LogP) is 1.42. The van der Waals surface area contributed by atoms with Crippen molar-refractivity contribution in [2.24, 2.45) is 0 Å². The first-order valence-electron chi connectivity index (χ1n) is 5.58. The van der Waals surface area contributed by atoms with Gasteiger partial charge in [0.1, 0.15) is 11.8 Å². The fourth-order valence-corrected chi connectivity index (χ4v) is 1.67. The zero-order valence-corrected chi connectivity index (χ0v) is 10.6. The number of fused-ring (bicyclic) bond motifs is 1. The second kappa shape index (κ2) is 6.57. The molecule has 6 nitrogen and oxygen atoms in total. The van der Waals surface area contributed by atoms with E-state index in [1.165, 1.54) is 6.33 Å². The summed E-state index contributed by atoms with van der Waals surface area (Å²) in [6.45, 7) is 5.55. The lowest BCUT2D eigenvalue weighted by Gasteiger charge is -2.08. The number of hydrogen-bond acceptors (Lipinski definition) is 5. The van der Waals surface area contributed by atoms with Crippen molar-refractivity contribution in [1.82, 2.24) is 14.6 Å². The Bertz CT molecular complexity index is 519. The minimum absolute atomic E-state index is 0.254. The third-order valence-electron chi connectivity index (χ3n) is 2.77. The van der Waals surface area contributed by atoms with Crippen LogP contribution in [0.25, 0.3) is 5.52 Å². The third-order valence-corrected chi connectivity index (χ3v) is 2.77. The molecule has 0 saturated carbocycles. The van der Waals surface area contributed by atoms with Crippen LogP contribution in [0.5, 0.6) is 0 Å². The van der Waals surface area contributed by atoms with Crippen molar-refractivity contribution in [2.75, 3.05) is 12.8 Å². The average Bonchev–Trinajstić information content (AvgIpc) is 2.83. The van der Waals surface area contributed by atoms with Crippen molar-refractivity contribution in [2.45, 2.75) is 25.9 Å². The molecule has 0 spiro atoms. The van der Waals surface area contributed by atoms with E-state index in [0.717, 1.165) is 24.1 Å². The molecule has 0 radical (unpaired) electrons. The van der Waals surface area contributed by atoms with Crippen LogP contribution in [0.2, 0.25) is 0 Å². The zero-order valence-electron chi connectivity index (χ0n) is 10.6. The lowest BCUT2D eigenvalue weighted by Crippen LogP contribution is -2.08. The van der Waals surface area contributed by atoms with E-state index in [-0.39, 0.29) is 6.10 Å². The maximum atomic E-state index is 6.50. The molecule has 1 unspecified atom stereocenters. The van der Waals surface area contributed by atoms with E-state index >= 15 is 0 Å². The summed E-state index contributed by atoms with van der Waals surface area (Å²) in [7, 11) is 1.72. The second-order valence-corrected chi connectivity index (χ2v) is 3.85. The fourth-order valence-electron chi connectivity index (χ4n) is 1.67. The molecule has 0 amide bonds. The lowest BCUT2D eigenvalue weighted by atomic mass is 10.2. The first kappa shape index (κ1) is 13.9. The standard InChI is InChI=1S/C11H16N4O.CHN/c1-8(16-2)3-4-9-5-6-10-11(12)13-7-14-15(9)10;1-2/h5-8H,3-4H2,1-2H3,(H2,12,13,14);1H. The van der Waals surface area contributed by atoms with Gasteiger partial charge in [-0.25, -0.2) is 14.8 Å². The van der Waals surface area contributed by atoms with Crippen LogP contribution in [0.15, 0.2) is 18.5 Å². The predicted molar refractivity (Wildman–Crippen MR) is 68.9 cm³/mol. The number of ether oxygens (including phenoxy) is 1. The van der Waals surface area contributed by atoms with E-state index in [4.69, 9.17) is 15.7 Å². The molecule has 0 aliphatic heterocycles. The summed E-state index contributed by atoms with van der Waals surface area (Å²) >= 11 is 0. The van der Waals surface area contributed by atoms with Crippen molar-refractivity contribution in [3.05, 3.63) is 24.2 Å². The SMILES string of the molecule is C#N.COC(C)CCc1ccc2c(N)ncnn12. The Balaban J connectivity index is 0.000000771. The Labute approximate surface area is 106 Å². The summed E-state index contributed by atoms with van der Waals surface area (Å²) in [5, 5.41) is 10.7. The molecule has 6 heteroatoms. The van der Waals surface area contributed by atoms with Crippen LogP contribution in [0.4, 0.5) is 5.82 Å². The van der Waals surface area contributed by atoms with E-state index in [2.05, 4.69) is 23.6 Å². The molecule has 2 aromatic heterocycles. The molecule has 0 saturated heterocycles. The van der Waals surface area contributed by atoms with E-state index < -0.39 is 0 Å². The summed E-state index contributed by atoms with van der Waals surface area (Å²) in [6.07, 6.45) is 3.61. The highest BCUT2D eigenvalue weighted by Crippen LogP contribution is 2.15. The van der Waals surface area contributed by atoms with Gasteiger partial charge in [0.15, 0.2) is 5.82 Å². The van der Waals surface area contributed by atoms with Gasteiger partial charge in [-0.05, 0) is 31.9 Å². The van der Waals surface area contributed by atoms with Gasteiger partial charge in [0.2, 0.25) is 0 Å². The first-order valence-corrected chi connectivity index (χ1v) is 5.58. The molecule has 0 bridgehead atoms. The van der Waals surface area contributed by atoms with Crippen molar-refractivity contribution < 1.29 is 4.74 Å². The van der Waals surface area contributed by atoms with Gasteiger partial charge in [0, 0.05) is 19.4 Å². The summed E-state index contributed by atoms with van der Waals surface area (Å²) in [5.74, 6) is 0.515. The molecule has 96 valence electrons. The number of anilines is 1. The quantitative estimate of drug-likeness (QED) is 0.882. The molecule has 2 N–H and O–H groups in total. The van der Waals surface area contributed by atoms with Crippen molar-refractivity contribution in [3.63, 3.8) is 0 Å². The molecule has 2 heterocycles. The van der Waals surface area contributed by atoms with Crippen LogP contribution in [0, 0.1) is 11.8 Å². The van der Waals surface area contributed by atoms with Gasteiger partial charge in [-0.3, -0.25) is 0 Å². The van der Waals surface area contributed by atoms with Gasteiger partial charge >= 0.3 is 0 Å². The lowest BCUT2D eigenvalue weighted by molar-refractivity contribution is 0.111. The molecule has 0 aromatic carbocycles. The molecule has 18 heavy (non-hydrogen) atoms. The second-order valence-electron chi connectivity index (χ2n) is 3.85. The van der Waals surface area contributed by atoms with E-state index in [1.54, 1.807) is 7.11 Å². The van der Waals surface area contributed by atoms with Gasteiger partial charge in [0.05, 0.1) is 6.10 Å². The van der Waals surface area contributed by atoms with Gasteiger partial charge in [-0.15, -0.1) is 0 Å². The van der Waals surface area contributed by atoms with Gasteiger partial charge in [0.25, 0.3) is 0 Å². The molecule has 2 rings (SSSR count). The zero-order chi connectivity index (χ0) is 13.5. The van der Waals surface area contributed by atoms with E-state index in [1.807, 2.05) is 16.6 Å². The van der Waals surface area contributed by atoms with Crippen molar-refractivity contribution in [3.8, 4) is 6.57 Å². The molecule has 1 atom stereocenters. The summed E-state index contributed by atoms with van der Waals surface area (Å²) in [5.41, 5.74) is 7.75. The number of nitrogens with two attached hydrogens (primary N) is 1. The highest BCUT2D eigenvalue weighted by atomic mass is 16.5. The van der Waals surface area contributed by atoms with Crippen LogP contribution >= 0.6 is 0 Å². The molecule has 0 aliphatic rings. The number of aryl methyl sites for hydroxylation is 1. The Hall–Kier alpha value is -2.13. The molecule has 0 aliphatic carbocycles. The number of rotatable bonds is 4. The molecular weight excluding hydrogens is 230 g/mol. The Morgan fingerprint density at radius 1 is 1.50 bits per heavy atom. The average molecular weight is 247 g/mol. The van der Waals surface area contributed by atoms with Crippen molar-refractivity contribution >= 4 is 11.3 Å². The Morgan fingerprint density at radius 3 is 2.89 bits per heavy atom. The normalized spacial score (nSPS) is 11.8. The first-order chi connectivity index (χ1) is 8.72. The molecule has 0 fully saturated rings. The monoisotopic (exact) mass is 247 g/mol. The van der Waals surface area contributed by atoms with E-state index in [0.29, 0.717) is 5.82 Å². The maximum Gasteiger partial charge on any atom is 0.151 e. The smallest absolute Gasteiger partial charge is 0.151 e. The summed E-state index contributed by atoms with van der Waals surface area (Å²) in [4.78, 5) is 3.95. The minimum Gasteiger partial charge on any atom is -0.382 e. The van der Waals surface area contributed by atoms with Crippen LogP contribution in [0.3, 0.4) is 0 Å². The Morgan fingerprint density at radius 2 is 2.22 bits per heavy atom. The number of aromatic nitrogens is 3. The summed E-state index contributed by atoms with van der Waals surface area (Å²) < 4.78 is 7.06. The largest absolute Gasteiger partial charge is 0.382 e. The number of methoxy groups -OCH3 is 1. The summed E-state index contributed by atoms with van der Waals surface area (Å²) in [6, 6.07) is 3.98. The van der Waals surface area contributed by atoms with Crippen LogP contribution in [0.1, 0.15) is 19.0 Å². The fraction of sp³-hybridized carbons (Fsp3) is 0.417. The van der Waals surface area contributed by atoms with Crippen molar-refractivity contribution in [1.29, 1.82) is 5.26 Å². The highest BCUT2D eigenvalue weighted by molar-refractivity contribution is 5.65. The van der Waals surface area contributed by atoms with Crippen LogP contribution in [-0.2, 0) is 11.2 Å². The Kier molecular flexibility index (Phi) is 5.08. The van der Waals surface area contributed by atoms with Gasteiger partial charge in [-0.1, -0.05) is 0 Å². The number of nitrogens with zero attached hydrogens (tertiary/aromatic N) is 4. The minimum atomic E-state index is 0.254. The van der Waals surface area contributed by atoms with Crippen LogP contribution in [-0.4, -0.2) is 27.8 Å². The topological polar surface area (TPSA) is 89.2 Å².